The Kier molecular flexibility index (Phi) is 22.5. The molecule has 0 saturated heterocycles. The molecule has 0 atom stereocenters. The van der Waals surface area contributed by atoms with E-state index in [1.54, 1.807) is 0 Å². The molecule has 1 aromatic heterocycles. The number of sulfone groups is 1. The first-order chi connectivity index (χ1) is 31.0. The van der Waals surface area contributed by atoms with Crippen LogP contribution in [0.1, 0.15) is 0 Å². The predicted octanol–water partition coefficient (Wildman–Crippen LogP) is 4.29. The quantitative estimate of drug-likeness (QED) is 0.0182. The van der Waals surface area contributed by atoms with Crippen molar-refractivity contribution >= 4 is 248 Å². The van der Waals surface area contributed by atoms with E-state index in [1.807, 2.05) is 0 Å². The van der Waals surface area contributed by atoms with Gasteiger partial charge in [-0.3, -0.25) is 28.6 Å². The fourth-order valence-electron chi connectivity index (χ4n) is 5.61. The molecule has 11 N–H and O–H groups in total. The molecule has 27 nitrogen and oxygen atoms in total. The molecule has 0 bridgehead atoms. The van der Waals surface area contributed by atoms with Gasteiger partial charge >= 0.3 is 0 Å². The van der Waals surface area contributed by atoms with E-state index >= 15 is 0 Å². The van der Waals surface area contributed by atoms with Crippen LogP contribution in [0.5, 0.6) is 0 Å². The number of azo groups is 2. The topological polar surface area (TPSA) is 449 Å². The second-order valence-corrected chi connectivity index (χ2v) is 20.9. The summed E-state index contributed by atoms with van der Waals surface area (Å²) in [4.78, 5) is 10.9. The Hall–Kier alpha value is -3.14. The number of aliphatic hydroxyl groups is 1. The summed E-state index contributed by atoms with van der Waals surface area (Å²) in [6, 6.07) is 11.7. The summed E-state index contributed by atoms with van der Waals surface area (Å²) >= 11 is 6.19. The molecule has 0 unspecified atom stereocenters. The minimum absolute atomic E-state index is 0. The van der Waals surface area contributed by atoms with Gasteiger partial charge < -0.3 is 21.5 Å². The molecule has 354 valence electrons. The van der Waals surface area contributed by atoms with E-state index < -0.39 is 103 Å². The third-order valence-corrected chi connectivity index (χ3v) is 13.6. The van der Waals surface area contributed by atoms with Crippen LogP contribution in [0.25, 0.3) is 10.8 Å². The predicted molar refractivity (Wildman–Crippen MR) is 260 cm³/mol. The molecule has 71 heavy (non-hydrogen) atoms. The van der Waals surface area contributed by atoms with Crippen molar-refractivity contribution in [1.29, 1.82) is 5.41 Å². The van der Waals surface area contributed by atoms with E-state index in [0.29, 0.717) is 24.3 Å². The molecule has 6 aromatic rings. The number of halogens is 1. The van der Waals surface area contributed by atoms with Crippen LogP contribution < -0.4 is 22.0 Å². The van der Waals surface area contributed by atoms with E-state index in [0.717, 1.165) is 29.7 Å². The van der Waals surface area contributed by atoms with Crippen molar-refractivity contribution in [3.63, 3.8) is 0 Å². The summed E-state index contributed by atoms with van der Waals surface area (Å²) in [5.41, 5.74) is 3.64. The monoisotopic (exact) mass is 1130 g/mol. The third-order valence-electron chi connectivity index (χ3n) is 8.50. The van der Waals surface area contributed by atoms with E-state index in [1.165, 1.54) is 30.3 Å². The van der Waals surface area contributed by atoms with Gasteiger partial charge in [-0.25, -0.2) is 13.4 Å². The number of rotatable bonds is 14. The van der Waals surface area contributed by atoms with Crippen LogP contribution >= 0.6 is 11.6 Å². The van der Waals surface area contributed by atoms with Crippen LogP contribution in [0.4, 0.5) is 51.4 Å². The molecule has 0 amide bonds. The molecule has 0 fully saturated rings. The van der Waals surface area contributed by atoms with Gasteiger partial charge in [0.2, 0.25) is 16.9 Å². The van der Waals surface area contributed by atoms with Crippen molar-refractivity contribution in [1.82, 2.24) is 15.0 Å². The molecular formula is C34H27ClN12Na4O15S5. The van der Waals surface area contributed by atoms with Crippen molar-refractivity contribution in [3.8, 4) is 0 Å². The largest absolute Gasteiger partial charge is 0.481 e. The average molecular weight is 1130 g/mol. The van der Waals surface area contributed by atoms with Crippen LogP contribution in [-0.4, -0.2) is 205 Å². The van der Waals surface area contributed by atoms with E-state index in [-0.39, 0.29) is 169 Å². The second-order valence-electron chi connectivity index (χ2n) is 13.1. The maximum absolute atomic E-state index is 12.4. The maximum Gasteiger partial charge on any atom is 0.296 e. The molecule has 37 heteroatoms. The van der Waals surface area contributed by atoms with Crippen LogP contribution in [0.15, 0.2) is 141 Å². The Morgan fingerprint density at radius 1 is 0.648 bits per heavy atom. The minimum Gasteiger partial charge on any atom is -0.481 e. The average Bonchev–Trinajstić information content (AvgIpc) is 3.20. The number of nitrogen functional groups attached to an aromatic ring is 1. The molecule has 0 spiro atoms. The maximum atomic E-state index is 12.4. The SMILES string of the molecule is C=CS(=O)(=O)c1ccc(N=Nc2cc(S(=O)(=O)O)c(N)cc2Nc2nc(Cl)nc(=Nc3ccc(N=Nc4cc5c(S(=O)(=O)O)cc(S(=O)(=O)O)cc5cc4S(=O)(=O)O)c(NC(=N)O)c3)[nH]2)cc1.[Na].[Na].[Na].[Na]. The number of H-pyrrole nitrogens is 1. The number of anilines is 4. The van der Waals surface area contributed by atoms with Gasteiger partial charge in [-0.2, -0.15) is 48.8 Å². The Morgan fingerprint density at radius 2 is 1.23 bits per heavy atom. The summed E-state index contributed by atoms with van der Waals surface area (Å²) in [5, 5.41) is 37.3. The van der Waals surface area contributed by atoms with Gasteiger partial charge in [0.15, 0.2) is 9.84 Å². The second kappa shape index (κ2) is 24.9. The number of aromatic nitrogens is 3. The standard InChI is InChI=1S/C34H27ClN12O15S5.4Na/c1-2-63(49,50)19-6-3-17(4-7-19)44-46-26-15-29(66(57,58)59)22(36)14-25(26)40-34-42-31(35)41-33(43-34)38-18-5-8-23(24(11-18)39-32(37)48)45-47-27-13-21-16(10-30(27)67(60,61)62)9-20(64(51,52)53)12-28(21)65(54,55)56;;;;/h2-15H,1,36H2,(H3,37,39,48)(H,51,52,53)(H,54,55,56)(H,57,58,59)(H,60,61,62)(H2,38,40,41,42,43);;;;. The van der Waals surface area contributed by atoms with E-state index in [2.05, 4.69) is 57.6 Å². The first-order valence-corrected chi connectivity index (χ1v) is 25.1. The Morgan fingerprint density at radius 3 is 1.79 bits per heavy atom. The van der Waals surface area contributed by atoms with Crippen LogP contribution in [-0.2, 0) is 50.3 Å². The number of hydrogen-bond acceptors (Lipinski definition) is 20. The third kappa shape index (κ3) is 16.4. The number of nitrogens with one attached hydrogen (secondary N) is 4. The van der Waals surface area contributed by atoms with Crippen molar-refractivity contribution < 1.29 is 65.4 Å². The van der Waals surface area contributed by atoms with Gasteiger partial charge in [0.1, 0.15) is 31.7 Å². The van der Waals surface area contributed by atoms with Crippen molar-refractivity contribution in [2.24, 2.45) is 25.4 Å². The number of nitrogens with zero attached hydrogens (tertiary/aromatic N) is 7. The summed E-state index contributed by atoms with van der Waals surface area (Å²) in [5.74, 6) is -0.231. The molecule has 0 aliphatic heterocycles. The van der Waals surface area contributed by atoms with Crippen molar-refractivity contribution in [3.05, 3.63) is 102 Å². The van der Waals surface area contributed by atoms with Crippen LogP contribution in [0.3, 0.4) is 0 Å². The van der Waals surface area contributed by atoms with Crippen molar-refractivity contribution in [2.75, 3.05) is 16.4 Å². The molecule has 4 radical (unpaired) electrons. The van der Waals surface area contributed by atoms with Gasteiger partial charge in [0.25, 0.3) is 46.5 Å². The smallest absolute Gasteiger partial charge is 0.296 e. The number of hydrogen-bond donors (Lipinski definition) is 10. The zero-order chi connectivity index (χ0) is 49.4. The van der Waals surface area contributed by atoms with Crippen LogP contribution in [0.2, 0.25) is 5.28 Å². The number of fused-ring (bicyclic) bond motifs is 1. The van der Waals surface area contributed by atoms with Gasteiger partial charge in [-0.15, -0.1) is 15.3 Å². The molecule has 0 aliphatic rings. The Balaban J connectivity index is 0.00000432. The minimum atomic E-state index is -5.26. The van der Waals surface area contributed by atoms with Gasteiger partial charge in [-0.05, 0) is 95.8 Å². The van der Waals surface area contributed by atoms with Gasteiger partial charge in [-0.1, -0.05) is 6.58 Å². The zero-order valence-electron chi connectivity index (χ0n) is 36.7. The normalized spacial score (nSPS) is 12.3. The Labute approximate surface area is 495 Å². The zero-order valence-corrected chi connectivity index (χ0v) is 49.6. The Bertz CT molecular complexity index is 3820. The van der Waals surface area contributed by atoms with Gasteiger partial charge in [0, 0.05) is 129 Å². The fraction of sp³-hybridized carbons (Fsp3) is 0. The summed E-state index contributed by atoms with van der Waals surface area (Å²) < 4.78 is 160. The number of aliphatic hydroxyl groups excluding tert-OH is 1. The summed E-state index contributed by atoms with van der Waals surface area (Å²) in [6.45, 7) is 3.26. The molecule has 6 rings (SSSR count). The number of amidine groups is 1. The van der Waals surface area contributed by atoms with Crippen molar-refractivity contribution in [2.45, 2.75) is 24.5 Å². The van der Waals surface area contributed by atoms with Crippen LogP contribution in [0, 0.1) is 5.41 Å². The molecule has 0 saturated carbocycles. The number of nitrogens with two attached hydrogens (primary N) is 1. The first kappa shape index (κ1) is 64.0. The molecule has 0 aliphatic carbocycles. The molecular weight excluding hydrogens is 1100 g/mol. The first-order valence-electron chi connectivity index (χ1n) is 17.4. The molecule has 5 aromatic carbocycles. The van der Waals surface area contributed by atoms with E-state index in [4.69, 9.17) is 22.7 Å². The van der Waals surface area contributed by atoms with Gasteiger partial charge in [0.05, 0.1) is 38.2 Å². The summed E-state index contributed by atoms with van der Waals surface area (Å²) in [6.07, 6.45) is 0. The van der Waals surface area contributed by atoms with E-state index in [9.17, 15) is 65.4 Å². The number of aromatic amines is 1. The summed E-state index contributed by atoms with van der Waals surface area (Å²) in [7, 11) is -24.3. The fourth-order valence-corrected chi connectivity index (χ4v) is 9.09. The molecule has 1 heterocycles. The number of benzene rings is 5.